The Hall–Kier alpha value is -1.38. The van der Waals surface area contributed by atoms with Crippen molar-refractivity contribution in [2.45, 2.75) is 32.1 Å². The van der Waals surface area contributed by atoms with E-state index in [9.17, 15) is 9.18 Å². The summed E-state index contributed by atoms with van der Waals surface area (Å²) in [5.41, 5.74) is 0.593. The molecule has 0 bridgehead atoms. The van der Waals surface area contributed by atoms with Crippen molar-refractivity contribution in [1.29, 1.82) is 0 Å². The summed E-state index contributed by atoms with van der Waals surface area (Å²) >= 11 is 0. The zero-order valence-electron chi connectivity index (χ0n) is 10.4. The minimum absolute atomic E-state index is 0.189. The average molecular weight is 235 g/mol. The summed E-state index contributed by atoms with van der Waals surface area (Å²) < 4.78 is 12.9. The second kappa shape index (κ2) is 4.47. The van der Waals surface area contributed by atoms with Crippen LogP contribution in [-0.4, -0.2) is 23.9 Å². The largest absolute Gasteiger partial charge is 0.342 e. The SMILES string of the molecule is CCN(CC)C(=O)C1(c2ccc(F)cc2)CC1. The fourth-order valence-corrected chi connectivity index (χ4v) is 2.33. The summed E-state index contributed by atoms with van der Waals surface area (Å²) in [6.45, 7) is 5.45. The number of hydrogen-bond acceptors (Lipinski definition) is 1. The minimum atomic E-state index is -0.361. The Labute approximate surface area is 101 Å². The molecule has 1 aromatic rings. The lowest BCUT2D eigenvalue weighted by atomic mass is 9.94. The molecule has 1 fully saturated rings. The van der Waals surface area contributed by atoms with E-state index < -0.39 is 0 Å². The number of carbonyl (C=O) groups is 1. The quantitative estimate of drug-likeness (QED) is 0.785. The highest BCUT2D eigenvalue weighted by Gasteiger charge is 2.52. The van der Waals surface area contributed by atoms with Gasteiger partial charge in [0.1, 0.15) is 5.82 Å². The molecule has 17 heavy (non-hydrogen) atoms. The molecule has 0 saturated heterocycles. The molecule has 1 saturated carbocycles. The Morgan fingerprint density at radius 2 is 1.76 bits per heavy atom. The third-order valence-corrected chi connectivity index (χ3v) is 3.61. The van der Waals surface area contributed by atoms with E-state index in [1.165, 1.54) is 12.1 Å². The third-order valence-electron chi connectivity index (χ3n) is 3.61. The van der Waals surface area contributed by atoms with Crippen molar-refractivity contribution in [3.8, 4) is 0 Å². The first-order chi connectivity index (χ1) is 8.14. The van der Waals surface area contributed by atoms with Crippen LogP contribution < -0.4 is 0 Å². The van der Waals surface area contributed by atoms with Crippen LogP contribution in [0.25, 0.3) is 0 Å². The van der Waals surface area contributed by atoms with Crippen molar-refractivity contribution in [3.63, 3.8) is 0 Å². The standard InChI is InChI=1S/C14H18FNO/c1-3-16(4-2)13(17)14(9-10-14)11-5-7-12(15)8-6-11/h5-8H,3-4,9-10H2,1-2H3. The topological polar surface area (TPSA) is 20.3 Å². The number of amides is 1. The molecule has 3 heteroatoms. The molecular weight excluding hydrogens is 217 g/mol. The molecule has 0 aromatic heterocycles. The predicted octanol–water partition coefficient (Wildman–Crippen LogP) is 2.73. The van der Waals surface area contributed by atoms with Gasteiger partial charge in [0.05, 0.1) is 5.41 Å². The third kappa shape index (κ3) is 2.06. The highest BCUT2D eigenvalue weighted by molar-refractivity contribution is 5.91. The van der Waals surface area contributed by atoms with E-state index in [2.05, 4.69) is 0 Å². The molecule has 1 amide bonds. The molecule has 2 rings (SSSR count). The molecule has 1 aromatic carbocycles. The van der Waals surface area contributed by atoms with E-state index in [0.717, 1.165) is 31.5 Å². The predicted molar refractivity (Wildman–Crippen MR) is 65.2 cm³/mol. The molecule has 0 heterocycles. The van der Waals surface area contributed by atoms with Crippen LogP contribution in [0.3, 0.4) is 0 Å². The summed E-state index contributed by atoms with van der Waals surface area (Å²) in [5, 5.41) is 0. The van der Waals surface area contributed by atoms with Gasteiger partial charge in [0.15, 0.2) is 0 Å². The minimum Gasteiger partial charge on any atom is -0.342 e. The number of rotatable bonds is 4. The molecule has 0 radical (unpaired) electrons. The van der Waals surface area contributed by atoms with Crippen LogP contribution in [0, 0.1) is 5.82 Å². The fraction of sp³-hybridized carbons (Fsp3) is 0.500. The highest BCUT2D eigenvalue weighted by Crippen LogP contribution is 2.49. The van der Waals surface area contributed by atoms with Gasteiger partial charge < -0.3 is 4.90 Å². The maximum absolute atomic E-state index is 12.9. The van der Waals surface area contributed by atoms with Gasteiger partial charge in [0.25, 0.3) is 0 Å². The Bertz CT molecular complexity index is 405. The average Bonchev–Trinajstić information content (AvgIpc) is 3.13. The van der Waals surface area contributed by atoms with E-state index in [-0.39, 0.29) is 17.1 Å². The Morgan fingerprint density at radius 1 is 1.24 bits per heavy atom. The summed E-state index contributed by atoms with van der Waals surface area (Å²) in [5.74, 6) is -0.0612. The Kier molecular flexibility index (Phi) is 3.18. The maximum Gasteiger partial charge on any atom is 0.233 e. The van der Waals surface area contributed by atoms with Crippen molar-refractivity contribution in [1.82, 2.24) is 4.90 Å². The zero-order valence-corrected chi connectivity index (χ0v) is 10.4. The Morgan fingerprint density at radius 3 is 2.18 bits per heavy atom. The van der Waals surface area contributed by atoms with Crippen molar-refractivity contribution >= 4 is 5.91 Å². The monoisotopic (exact) mass is 235 g/mol. The van der Waals surface area contributed by atoms with E-state index in [0.29, 0.717) is 0 Å². The fourth-order valence-electron chi connectivity index (χ4n) is 2.33. The number of nitrogens with zero attached hydrogens (tertiary/aromatic N) is 1. The molecule has 92 valence electrons. The van der Waals surface area contributed by atoms with E-state index in [1.807, 2.05) is 18.7 Å². The van der Waals surface area contributed by atoms with Crippen LogP contribution in [-0.2, 0) is 10.2 Å². The van der Waals surface area contributed by atoms with E-state index in [4.69, 9.17) is 0 Å². The second-order valence-corrected chi connectivity index (χ2v) is 4.57. The number of halogens is 1. The maximum atomic E-state index is 12.9. The van der Waals surface area contributed by atoms with Gasteiger partial charge in [-0.3, -0.25) is 4.79 Å². The van der Waals surface area contributed by atoms with Crippen LogP contribution in [0.2, 0.25) is 0 Å². The van der Waals surface area contributed by atoms with Crippen molar-refractivity contribution in [2.24, 2.45) is 0 Å². The van der Waals surface area contributed by atoms with Crippen molar-refractivity contribution < 1.29 is 9.18 Å². The summed E-state index contributed by atoms with van der Waals surface area (Å²) in [6.07, 6.45) is 1.77. The van der Waals surface area contributed by atoms with Gasteiger partial charge in [-0.05, 0) is 44.4 Å². The van der Waals surface area contributed by atoms with Gasteiger partial charge in [-0.15, -0.1) is 0 Å². The summed E-state index contributed by atoms with van der Waals surface area (Å²) in [6, 6.07) is 6.35. The number of hydrogen-bond donors (Lipinski definition) is 0. The van der Waals surface area contributed by atoms with Gasteiger partial charge in [-0.25, -0.2) is 4.39 Å². The zero-order chi connectivity index (χ0) is 12.5. The lowest BCUT2D eigenvalue weighted by Gasteiger charge is -2.25. The normalized spacial score (nSPS) is 16.6. The molecule has 0 atom stereocenters. The first-order valence-corrected chi connectivity index (χ1v) is 6.19. The highest BCUT2D eigenvalue weighted by atomic mass is 19.1. The van der Waals surface area contributed by atoms with Crippen LogP contribution in [0.5, 0.6) is 0 Å². The summed E-state index contributed by atoms with van der Waals surface area (Å²) in [7, 11) is 0. The van der Waals surface area contributed by atoms with Gasteiger partial charge in [-0.2, -0.15) is 0 Å². The second-order valence-electron chi connectivity index (χ2n) is 4.57. The molecular formula is C14H18FNO. The first kappa shape index (κ1) is 12.1. The van der Waals surface area contributed by atoms with Crippen molar-refractivity contribution in [2.75, 3.05) is 13.1 Å². The van der Waals surface area contributed by atoms with Gasteiger partial charge in [0.2, 0.25) is 5.91 Å². The smallest absolute Gasteiger partial charge is 0.233 e. The molecule has 1 aliphatic carbocycles. The molecule has 0 unspecified atom stereocenters. The lowest BCUT2D eigenvalue weighted by molar-refractivity contribution is -0.133. The van der Waals surface area contributed by atoms with E-state index >= 15 is 0 Å². The first-order valence-electron chi connectivity index (χ1n) is 6.19. The van der Waals surface area contributed by atoms with Crippen LogP contribution in [0.15, 0.2) is 24.3 Å². The molecule has 2 nitrogen and oxygen atoms in total. The Balaban J connectivity index is 2.25. The van der Waals surface area contributed by atoms with E-state index in [1.54, 1.807) is 12.1 Å². The van der Waals surface area contributed by atoms with Crippen LogP contribution >= 0.6 is 0 Å². The summed E-state index contributed by atoms with van der Waals surface area (Å²) in [4.78, 5) is 14.3. The van der Waals surface area contributed by atoms with Gasteiger partial charge in [0, 0.05) is 13.1 Å². The van der Waals surface area contributed by atoms with Gasteiger partial charge in [-0.1, -0.05) is 12.1 Å². The molecule has 0 spiro atoms. The van der Waals surface area contributed by atoms with Gasteiger partial charge >= 0.3 is 0 Å². The van der Waals surface area contributed by atoms with Crippen molar-refractivity contribution in [3.05, 3.63) is 35.6 Å². The number of benzene rings is 1. The molecule has 1 aliphatic rings. The molecule has 0 aliphatic heterocycles. The van der Waals surface area contributed by atoms with Crippen LogP contribution in [0.4, 0.5) is 4.39 Å². The lowest BCUT2D eigenvalue weighted by Crippen LogP contribution is -2.39. The van der Waals surface area contributed by atoms with Crippen LogP contribution in [0.1, 0.15) is 32.3 Å². The molecule has 0 N–H and O–H groups in total. The number of likely N-dealkylation sites (N-methyl/N-ethyl adjacent to an activating group) is 1. The number of carbonyl (C=O) groups excluding carboxylic acids is 1.